The van der Waals surface area contributed by atoms with E-state index in [0.717, 1.165) is 42.4 Å². The van der Waals surface area contributed by atoms with Crippen LogP contribution in [0.25, 0.3) is 0 Å². The summed E-state index contributed by atoms with van der Waals surface area (Å²) in [5.74, 6) is 0.886. The van der Waals surface area contributed by atoms with E-state index < -0.39 is 0 Å². The molecule has 0 heterocycles. The minimum absolute atomic E-state index is 0.377. The molecule has 3 nitrogen and oxygen atoms in total. The van der Waals surface area contributed by atoms with E-state index >= 15 is 0 Å². The molecule has 86 valence electrons. The summed E-state index contributed by atoms with van der Waals surface area (Å²) in [6, 6.07) is 3.84. The number of hydrogen-bond donors (Lipinski definition) is 1. The number of carbonyl (C=O) groups excluding carboxylic acids is 1. The zero-order chi connectivity index (χ0) is 11.5. The number of ether oxygens (including phenoxy) is 1. The third-order valence-corrected chi connectivity index (χ3v) is 2.82. The maximum atomic E-state index is 10.5. The van der Waals surface area contributed by atoms with E-state index in [1.54, 1.807) is 0 Å². The van der Waals surface area contributed by atoms with Gasteiger partial charge in [-0.3, -0.25) is 0 Å². The number of nitrogen functional groups attached to an aromatic ring is 1. The van der Waals surface area contributed by atoms with Gasteiger partial charge in [0.2, 0.25) is 0 Å². The SMILES string of the molecule is CCc1cc(CC=O)c(N)cc1OC1CC1. The predicted octanol–water partition coefficient (Wildman–Crippen LogP) is 2.11. The van der Waals surface area contributed by atoms with Gasteiger partial charge in [-0.1, -0.05) is 6.92 Å². The summed E-state index contributed by atoms with van der Waals surface area (Å²) in [6.45, 7) is 2.08. The summed E-state index contributed by atoms with van der Waals surface area (Å²) in [4.78, 5) is 10.5. The highest BCUT2D eigenvalue weighted by atomic mass is 16.5. The normalized spacial score (nSPS) is 14.8. The fourth-order valence-corrected chi connectivity index (χ4v) is 1.71. The van der Waals surface area contributed by atoms with E-state index in [-0.39, 0.29) is 0 Å². The molecule has 1 aliphatic rings. The number of nitrogens with two attached hydrogens (primary N) is 1. The number of benzene rings is 1. The molecule has 1 aliphatic carbocycles. The molecule has 1 saturated carbocycles. The molecule has 16 heavy (non-hydrogen) atoms. The number of hydrogen-bond acceptors (Lipinski definition) is 3. The standard InChI is InChI=1S/C13H17NO2/c1-2-9-7-10(5-6-15)12(14)8-13(9)16-11-3-4-11/h6-8,11H,2-5,14H2,1H3. The van der Waals surface area contributed by atoms with Crippen molar-refractivity contribution < 1.29 is 9.53 Å². The van der Waals surface area contributed by atoms with Crippen LogP contribution >= 0.6 is 0 Å². The second-order valence-electron chi connectivity index (χ2n) is 4.20. The van der Waals surface area contributed by atoms with Crippen LogP contribution in [0, 0.1) is 0 Å². The van der Waals surface area contributed by atoms with E-state index in [0.29, 0.717) is 18.2 Å². The lowest BCUT2D eigenvalue weighted by Gasteiger charge is -2.13. The van der Waals surface area contributed by atoms with Crippen LogP contribution in [0.5, 0.6) is 5.75 Å². The first-order chi connectivity index (χ1) is 7.74. The topological polar surface area (TPSA) is 52.3 Å². The summed E-state index contributed by atoms with van der Waals surface area (Å²) in [5, 5.41) is 0. The molecule has 3 heteroatoms. The Morgan fingerprint density at radius 1 is 1.44 bits per heavy atom. The molecule has 0 atom stereocenters. The van der Waals surface area contributed by atoms with Crippen LogP contribution in [0.3, 0.4) is 0 Å². The number of carbonyl (C=O) groups is 1. The molecular formula is C13H17NO2. The number of anilines is 1. The summed E-state index contributed by atoms with van der Waals surface area (Å²) in [5.41, 5.74) is 8.58. The van der Waals surface area contributed by atoms with Crippen molar-refractivity contribution in [3.8, 4) is 5.75 Å². The second kappa shape index (κ2) is 4.56. The van der Waals surface area contributed by atoms with E-state index in [2.05, 4.69) is 6.92 Å². The summed E-state index contributed by atoms with van der Waals surface area (Å²) in [6.07, 6.45) is 4.81. The van der Waals surface area contributed by atoms with Gasteiger partial charge >= 0.3 is 0 Å². The first-order valence-corrected chi connectivity index (χ1v) is 5.76. The Kier molecular flexibility index (Phi) is 3.13. The number of aldehydes is 1. The monoisotopic (exact) mass is 219 g/mol. The molecule has 1 aromatic rings. The fraction of sp³-hybridized carbons (Fsp3) is 0.462. The van der Waals surface area contributed by atoms with Crippen molar-refractivity contribution >= 4 is 12.0 Å². The number of aryl methyl sites for hydroxylation is 1. The second-order valence-corrected chi connectivity index (χ2v) is 4.20. The van der Waals surface area contributed by atoms with Gasteiger partial charge in [0.1, 0.15) is 12.0 Å². The highest BCUT2D eigenvalue weighted by Crippen LogP contribution is 2.32. The van der Waals surface area contributed by atoms with Crippen LogP contribution in [-0.4, -0.2) is 12.4 Å². The average molecular weight is 219 g/mol. The van der Waals surface area contributed by atoms with Crippen molar-refractivity contribution in [3.05, 3.63) is 23.3 Å². The van der Waals surface area contributed by atoms with Crippen LogP contribution in [-0.2, 0) is 17.6 Å². The first kappa shape index (κ1) is 11.0. The number of rotatable bonds is 5. The zero-order valence-corrected chi connectivity index (χ0v) is 9.53. The lowest BCUT2D eigenvalue weighted by molar-refractivity contribution is -0.107. The largest absolute Gasteiger partial charge is 0.490 e. The van der Waals surface area contributed by atoms with Gasteiger partial charge in [-0.05, 0) is 36.5 Å². The molecule has 0 saturated heterocycles. The van der Waals surface area contributed by atoms with Gasteiger partial charge in [0.15, 0.2) is 0 Å². The van der Waals surface area contributed by atoms with Gasteiger partial charge in [-0.2, -0.15) is 0 Å². The minimum atomic E-state index is 0.377. The van der Waals surface area contributed by atoms with Crippen LogP contribution < -0.4 is 10.5 Å². The molecule has 0 aromatic heterocycles. The Bertz CT molecular complexity index is 397. The Labute approximate surface area is 95.6 Å². The van der Waals surface area contributed by atoms with Gasteiger partial charge in [0, 0.05) is 18.2 Å². The Morgan fingerprint density at radius 2 is 2.19 bits per heavy atom. The lowest BCUT2D eigenvalue weighted by Crippen LogP contribution is -2.03. The quantitative estimate of drug-likeness (QED) is 0.609. The summed E-state index contributed by atoms with van der Waals surface area (Å²) < 4.78 is 5.79. The smallest absolute Gasteiger partial charge is 0.124 e. The minimum Gasteiger partial charge on any atom is -0.490 e. The molecule has 1 fully saturated rings. The molecule has 0 bridgehead atoms. The van der Waals surface area contributed by atoms with E-state index in [9.17, 15) is 4.79 Å². The van der Waals surface area contributed by atoms with E-state index in [4.69, 9.17) is 10.5 Å². The predicted molar refractivity (Wildman–Crippen MR) is 63.7 cm³/mol. The average Bonchev–Trinajstić information content (AvgIpc) is 3.06. The Balaban J connectivity index is 2.28. The van der Waals surface area contributed by atoms with Crippen LogP contribution in [0.2, 0.25) is 0 Å². The van der Waals surface area contributed by atoms with Gasteiger partial charge in [-0.15, -0.1) is 0 Å². The molecular weight excluding hydrogens is 202 g/mol. The molecule has 2 rings (SSSR count). The van der Waals surface area contributed by atoms with Crippen molar-refractivity contribution in [2.45, 2.75) is 38.7 Å². The van der Waals surface area contributed by atoms with Crippen molar-refractivity contribution in [2.24, 2.45) is 0 Å². The van der Waals surface area contributed by atoms with Crippen molar-refractivity contribution in [1.82, 2.24) is 0 Å². The molecule has 0 radical (unpaired) electrons. The first-order valence-electron chi connectivity index (χ1n) is 5.76. The molecule has 0 amide bonds. The van der Waals surface area contributed by atoms with Crippen LogP contribution in [0.1, 0.15) is 30.9 Å². The Morgan fingerprint density at radius 3 is 2.75 bits per heavy atom. The van der Waals surface area contributed by atoms with Gasteiger partial charge in [0.05, 0.1) is 6.10 Å². The maximum absolute atomic E-state index is 10.5. The fourth-order valence-electron chi connectivity index (χ4n) is 1.71. The summed E-state index contributed by atoms with van der Waals surface area (Å²) in [7, 11) is 0. The van der Waals surface area contributed by atoms with Crippen molar-refractivity contribution in [2.75, 3.05) is 5.73 Å². The summed E-state index contributed by atoms with van der Waals surface area (Å²) >= 11 is 0. The zero-order valence-electron chi connectivity index (χ0n) is 9.53. The highest BCUT2D eigenvalue weighted by molar-refractivity contribution is 5.64. The van der Waals surface area contributed by atoms with Gasteiger partial charge in [0.25, 0.3) is 0 Å². The molecule has 0 aliphatic heterocycles. The molecule has 1 aromatic carbocycles. The molecule has 0 unspecified atom stereocenters. The van der Waals surface area contributed by atoms with E-state index in [1.807, 2.05) is 12.1 Å². The van der Waals surface area contributed by atoms with Crippen LogP contribution in [0.15, 0.2) is 12.1 Å². The van der Waals surface area contributed by atoms with Crippen LogP contribution in [0.4, 0.5) is 5.69 Å². The third kappa shape index (κ3) is 2.35. The van der Waals surface area contributed by atoms with Crippen molar-refractivity contribution in [1.29, 1.82) is 0 Å². The maximum Gasteiger partial charge on any atom is 0.124 e. The lowest BCUT2D eigenvalue weighted by atomic mass is 10.0. The third-order valence-electron chi connectivity index (χ3n) is 2.82. The molecule has 0 spiro atoms. The highest BCUT2D eigenvalue weighted by Gasteiger charge is 2.24. The Hall–Kier alpha value is -1.51. The molecule has 2 N–H and O–H groups in total. The van der Waals surface area contributed by atoms with Gasteiger partial charge < -0.3 is 15.3 Å². The van der Waals surface area contributed by atoms with Gasteiger partial charge in [-0.25, -0.2) is 0 Å². The van der Waals surface area contributed by atoms with Crippen molar-refractivity contribution in [3.63, 3.8) is 0 Å². The van der Waals surface area contributed by atoms with E-state index in [1.165, 1.54) is 0 Å².